The second-order valence-electron chi connectivity index (χ2n) is 3.11. The molecule has 0 saturated heterocycles. The number of hydrogen-bond donors (Lipinski definition) is 0. The zero-order chi connectivity index (χ0) is 8.39. The van der Waals surface area contributed by atoms with Gasteiger partial charge in [-0.15, -0.1) is 0 Å². The van der Waals surface area contributed by atoms with Crippen molar-refractivity contribution < 1.29 is 0 Å². The van der Waals surface area contributed by atoms with Crippen LogP contribution in [0.15, 0.2) is 12.3 Å². The zero-order valence-corrected chi connectivity index (χ0v) is 7.25. The summed E-state index contributed by atoms with van der Waals surface area (Å²) < 4.78 is 0. The van der Waals surface area contributed by atoms with Gasteiger partial charge in [-0.2, -0.15) is 0 Å². The van der Waals surface area contributed by atoms with E-state index >= 15 is 0 Å². The molecule has 0 saturated carbocycles. The molecule has 62 valence electrons. The van der Waals surface area contributed by atoms with Crippen molar-refractivity contribution in [2.24, 2.45) is 0 Å². The predicted octanol–water partition coefficient (Wildman–Crippen LogP) is 2.13. The highest BCUT2D eigenvalue weighted by atomic mass is 14.9. The third-order valence-corrected chi connectivity index (χ3v) is 2.10. The minimum atomic E-state index is 0.879. The fourth-order valence-corrected chi connectivity index (χ4v) is 1.46. The van der Waals surface area contributed by atoms with Gasteiger partial charge in [0.05, 0.1) is 5.69 Å². The SMILES string of the molecule is Cc1ncc2c(n1)CCCC=C2. The van der Waals surface area contributed by atoms with Gasteiger partial charge in [0.1, 0.15) is 5.82 Å². The molecule has 1 aliphatic rings. The van der Waals surface area contributed by atoms with Gasteiger partial charge in [-0.1, -0.05) is 12.2 Å². The Labute approximate surface area is 72.4 Å². The normalized spacial score (nSPS) is 15.4. The van der Waals surface area contributed by atoms with Crippen LogP contribution in [-0.4, -0.2) is 9.97 Å². The van der Waals surface area contributed by atoms with Gasteiger partial charge in [0.25, 0.3) is 0 Å². The summed E-state index contributed by atoms with van der Waals surface area (Å²) in [6.07, 6.45) is 9.70. The summed E-state index contributed by atoms with van der Waals surface area (Å²) in [4.78, 5) is 8.58. The number of hydrogen-bond acceptors (Lipinski definition) is 2. The smallest absolute Gasteiger partial charge is 0.125 e. The number of aromatic nitrogens is 2. The van der Waals surface area contributed by atoms with Crippen LogP contribution in [0, 0.1) is 6.92 Å². The van der Waals surface area contributed by atoms with Crippen molar-refractivity contribution in [3.8, 4) is 0 Å². The molecule has 0 radical (unpaired) electrons. The first-order valence-corrected chi connectivity index (χ1v) is 4.35. The highest BCUT2D eigenvalue weighted by Gasteiger charge is 2.04. The summed E-state index contributed by atoms with van der Waals surface area (Å²) in [5, 5.41) is 0. The van der Waals surface area contributed by atoms with E-state index in [1.54, 1.807) is 0 Å². The Kier molecular flexibility index (Phi) is 1.90. The fraction of sp³-hybridized carbons (Fsp3) is 0.400. The molecule has 0 fully saturated rings. The van der Waals surface area contributed by atoms with Gasteiger partial charge in [0.2, 0.25) is 0 Å². The van der Waals surface area contributed by atoms with Crippen molar-refractivity contribution in [1.29, 1.82) is 0 Å². The summed E-state index contributed by atoms with van der Waals surface area (Å²) in [5.41, 5.74) is 2.40. The molecular formula is C10H12N2. The molecular weight excluding hydrogens is 148 g/mol. The Balaban J connectivity index is 2.46. The van der Waals surface area contributed by atoms with Crippen molar-refractivity contribution in [3.05, 3.63) is 29.4 Å². The molecule has 2 heteroatoms. The van der Waals surface area contributed by atoms with Crippen molar-refractivity contribution in [3.63, 3.8) is 0 Å². The lowest BCUT2D eigenvalue weighted by molar-refractivity contribution is 0.812. The first-order chi connectivity index (χ1) is 5.86. The topological polar surface area (TPSA) is 25.8 Å². The van der Waals surface area contributed by atoms with E-state index < -0.39 is 0 Å². The summed E-state index contributed by atoms with van der Waals surface area (Å²) >= 11 is 0. The van der Waals surface area contributed by atoms with Gasteiger partial charge < -0.3 is 0 Å². The van der Waals surface area contributed by atoms with E-state index in [2.05, 4.69) is 22.1 Å². The molecule has 12 heavy (non-hydrogen) atoms. The van der Waals surface area contributed by atoms with Gasteiger partial charge in [-0.05, 0) is 26.2 Å². The summed E-state index contributed by atoms with van der Waals surface area (Å²) in [6, 6.07) is 0. The van der Waals surface area contributed by atoms with Crippen molar-refractivity contribution >= 4 is 6.08 Å². The standard InChI is InChI=1S/C10H12N2/c1-8-11-7-9-5-3-2-4-6-10(9)12-8/h3,5,7H,2,4,6H2,1H3. The number of fused-ring (bicyclic) bond motifs is 1. The largest absolute Gasteiger partial charge is 0.241 e. The molecule has 0 aliphatic heterocycles. The van der Waals surface area contributed by atoms with E-state index in [0.717, 1.165) is 18.7 Å². The van der Waals surface area contributed by atoms with Crippen molar-refractivity contribution in [2.75, 3.05) is 0 Å². The van der Waals surface area contributed by atoms with E-state index in [9.17, 15) is 0 Å². The molecule has 2 nitrogen and oxygen atoms in total. The Morgan fingerprint density at radius 3 is 3.25 bits per heavy atom. The molecule has 0 atom stereocenters. The van der Waals surface area contributed by atoms with E-state index in [4.69, 9.17) is 0 Å². The average Bonchev–Trinajstić information content (AvgIpc) is 2.28. The molecule has 0 amide bonds. The number of rotatable bonds is 0. The van der Waals surface area contributed by atoms with Gasteiger partial charge in [-0.3, -0.25) is 0 Å². The monoisotopic (exact) mass is 160 g/mol. The van der Waals surface area contributed by atoms with Crippen LogP contribution in [-0.2, 0) is 6.42 Å². The van der Waals surface area contributed by atoms with Crippen LogP contribution in [0.2, 0.25) is 0 Å². The first kappa shape index (κ1) is 7.47. The summed E-state index contributed by atoms with van der Waals surface area (Å²) in [6.45, 7) is 1.94. The Morgan fingerprint density at radius 1 is 1.42 bits per heavy atom. The minimum Gasteiger partial charge on any atom is -0.241 e. The first-order valence-electron chi connectivity index (χ1n) is 4.35. The molecule has 1 aromatic heterocycles. The average molecular weight is 160 g/mol. The molecule has 1 heterocycles. The molecule has 0 bridgehead atoms. The Hall–Kier alpha value is -1.18. The number of aryl methyl sites for hydroxylation is 2. The highest BCUT2D eigenvalue weighted by Crippen LogP contribution is 2.15. The summed E-state index contributed by atoms with van der Waals surface area (Å²) in [5.74, 6) is 0.879. The second kappa shape index (κ2) is 3.05. The maximum absolute atomic E-state index is 4.41. The molecule has 2 rings (SSSR count). The maximum atomic E-state index is 4.41. The zero-order valence-electron chi connectivity index (χ0n) is 7.25. The minimum absolute atomic E-state index is 0.879. The lowest BCUT2D eigenvalue weighted by atomic mass is 10.2. The Bertz CT molecular complexity index is 316. The van der Waals surface area contributed by atoms with E-state index in [0.29, 0.717) is 0 Å². The molecule has 0 unspecified atom stereocenters. The van der Waals surface area contributed by atoms with Gasteiger partial charge >= 0.3 is 0 Å². The predicted molar refractivity (Wildman–Crippen MR) is 48.7 cm³/mol. The van der Waals surface area contributed by atoms with Gasteiger partial charge in [0, 0.05) is 11.8 Å². The van der Waals surface area contributed by atoms with Crippen molar-refractivity contribution in [2.45, 2.75) is 26.2 Å². The van der Waals surface area contributed by atoms with Crippen LogP contribution < -0.4 is 0 Å². The van der Waals surface area contributed by atoms with Crippen LogP contribution in [0.3, 0.4) is 0 Å². The van der Waals surface area contributed by atoms with Crippen LogP contribution in [0.1, 0.15) is 29.9 Å². The quantitative estimate of drug-likeness (QED) is 0.581. The Morgan fingerprint density at radius 2 is 2.33 bits per heavy atom. The fourth-order valence-electron chi connectivity index (χ4n) is 1.46. The van der Waals surface area contributed by atoms with Crippen LogP contribution in [0.25, 0.3) is 6.08 Å². The molecule has 0 aromatic carbocycles. The number of nitrogens with zero attached hydrogens (tertiary/aromatic N) is 2. The molecule has 1 aliphatic carbocycles. The lowest BCUT2D eigenvalue weighted by Gasteiger charge is -2.01. The summed E-state index contributed by atoms with van der Waals surface area (Å²) in [7, 11) is 0. The van der Waals surface area contributed by atoms with E-state index in [1.165, 1.54) is 17.7 Å². The van der Waals surface area contributed by atoms with E-state index in [1.807, 2.05) is 13.1 Å². The maximum Gasteiger partial charge on any atom is 0.125 e. The van der Waals surface area contributed by atoms with Crippen LogP contribution in [0.4, 0.5) is 0 Å². The lowest BCUT2D eigenvalue weighted by Crippen LogP contribution is -1.97. The molecule has 0 spiro atoms. The van der Waals surface area contributed by atoms with Crippen molar-refractivity contribution in [1.82, 2.24) is 9.97 Å². The third kappa shape index (κ3) is 1.37. The van der Waals surface area contributed by atoms with Gasteiger partial charge in [-0.25, -0.2) is 9.97 Å². The third-order valence-electron chi connectivity index (χ3n) is 2.10. The van der Waals surface area contributed by atoms with Crippen LogP contribution in [0.5, 0.6) is 0 Å². The van der Waals surface area contributed by atoms with Gasteiger partial charge in [0.15, 0.2) is 0 Å². The highest BCUT2D eigenvalue weighted by molar-refractivity contribution is 5.51. The van der Waals surface area contributed by atoms with E-state index in [-0.39, 0.29) is 0 Å². The number of allylic oxidation sites excluding steroid dienone is 1. The van der Waals surface area contributed by atoms with Crippen LogP contribution >= 0.6 is 0 Å². The molecule has 1 aromatic rings. The molecule has 0 N–H and O–H groups in total. The second-order valence-corrected chi connectivity index (χ2v) is 3.11.